The Bertz CT molecular complexity index is 1680. The van der Waals surface area contributed by atoms with Gasteiger partial charge in [-0.3, -0.25) is 13.9 Å². The third kappa shape index (κ3) is 7.78. The topological polar surface area (TPSA) is 96.0 Å². The lowest BCUT2D eigenvalue weighted by Crippen LogP contribution is -2.53. The molecule has 0 fully saturated rings. The van der Waals surface area contributed by atoms with E-state index in [1.54, 1.807) is 24.3 Å². The molecule has 4 aromatic rings. The van der Waals surface area contributed by atoms with Crippen molar-refractivity contribution in [2.75, 3.05) is 24.5 Å². The number of anilines is 1. The maximum atomic E-state index is 14.5. The van der Waals surface area contributed by atoms with Crippen LogP contribution in [0.3, 0.4) is 0 Å². The van der Waals surface area contributed by atoms with Gasteiger partial charge in [-0.05, 0) is 60.9 Å². The fourth-order valence-electron chi connectivity index (χ4n) is 4.88. The number of hydrogen-bond donors (Lipinski definition) is 1. The molecule has 4 aromatic carbocycles. The molecule has 0 aliphatic carbocycles. The first-order valence-electron chi connectivity index (χ1n) is 14.2. The molecule has 8 nitrogen and oxygen atoms in total. The monoisotopic (exact) mass is 633 g/mol. The Kier molecular flexibility index (Phi) is 11.0. The quantitative estimate of drug-likeness (QED) is 0.206. The Morgan fingerprint density at radius 3 is 2.16 bits per heavy atom. The molecule has 1 atom stereocenters. The van der Waals surface area contributed by atoms with Crippen LogP contribution in [0.5, 0.6) is 5.75 Å². The zero-order valence-corrected chi connectivity index (χ0v) is 26.5. The minimum Gasteiger partial charge on any atom is -0.495 e. The lowest BCUT2D eigenvalue weighted by atomic mass is 10.0. The van der Waals surface area contributed by atoms with Gasteiger partial charge in [-0.25, -0.2) is 8.42 Å². The third-order valence-corrected chi connectivity index (χ3v) is 9.34. The van der Waals surface area contributed by atoms with Gasteiger partial charge in [0.1, 0.15) is 18.3 Å². The summed E-state index contributed by atoms with van der Waals surface area (Å²) in [6.07, 6.45) is 0.240. The number of aryl methyl sites for hydroxylation is 1. The molecule has 10 heteroatoms. The average molecular weight is 634 g/mol. The van der Waals surface area contributed by atoms with Gasteiger partial charge in [0.05, 0.1) is 22.7 Å². The molecule has 0 unspecified atom stereocenters. The number of carbonyl (C=O) groups excluding carboxylic acids is 2. The van der Waals surface area contributed by atoms with Gasteiger partial charge in [-0.1, -0.05) is 84.4 Å². The first-order chi connectivity index (χ1) is 21.1. The average Bonchev–Trinajstić information content (AvgIpc) is 3.03. The minimum absolute atomic E-state index is 0.00903. The molecule has 0 aromatic heterocycles. The molecule has 0 heterocycles. The third-order valence-electron chi connectivity index (χ3n) is 7.26. The zero-order valence-electron chi connectivity index (χ0n) is 24.9. The fraction of sp³-hybridized carbons (Fsp3) is 0.235. The van der Waals surface area contributed by atoms with E-state index in [1.165, 1.54) is 36.3 Å². The summed E-state index contributed by atoms with van der Waals surface area (Å²) < 4.78 is 34.4. The maximum Gasteiger partial charge on any atom is 0.264 e. The molecule has 0 radical (unpaired) electrons. The largest absolute Gasteiger partial charge is 0.495 e. The number of likely N-dealkylation sites (N-methyl/N-ethyl adjacent to an activating group) is 1. The number of hydrogen-bond acceptors (Lipinski definition) is 5. The number of nitrogens with one attached hydrogen (secondary N) is 1. The lowest BCUT2D eigenvalue weighted by Gasteiger charge is -2.34. The number of benzene rings is 4. The smallest absolute Gasteiger partial charge is 0.264 e. The number of ether oxygens (including phenoxy) is 1. The van der Waals surface area contributed by atoms with Crippen LogP contribution in [0.25, 0.3) is 0 Å². The highest BCUT2D eigenvalue weighted by atomic mass is 35.5. The van der Waals surface area contributed by atoms with Gasteiger partial charge >= 0.3 is 0 Å². The number of sulfonamides is 1. The summed E-state index contributed by atoms with van der Waals surface area (Å²) in [6.45, 7) is 3.64. The van der Waals surface area contributed by atoms with E-state index >= 15 is 0 Å². The van der Waals surface area contributed by atoms with Crippen molar-refractivity contribution in [1.82, 2.24) is 10.2 Å². The molecular weight excluding hydrogens is 598 g/mol. The van der Waals surface area contributed by atoms with Crippen LogP contribution in [0.1, 0.15) is 23.6 Å². The molecule has 2 amide bonds. The highest BCUT2D eigenvalue weighted by molar-refractivity contribution is 7.92. The van der Waals surface area contributed by atoms with Crippen molar-refractivity contribution in [1.29, 1.82) is 0 Å². The van der Waals surface area contributed by atoms with Crippen LogP contribution >= 0.6 is 11.6 Å². The SMILES string of the molecule is CCNC(=O)[C@@H](Cc1ccccc1)N(Cc1ccccc1C)C(=O)CN(c1ccc(OC)c(Cl)c1)S(=O)(=O)c1ccccc1. The van der Waals surface area contributed by atoms with Gasteiger partial charge in [-0.2, -0.15) is 0 Å². The first kappa shape index (κ1) is 32.6. The van der Waals surface area contributed by atoms with E-state index in [1.807, 2.05) is 68.4 Å². The maximum absolute atomic E-state index is 14.5. The van der Waals surface area contributed by atoms with Gasteiger partial charge in [0.25, 0.3) is 10.0 Å². The molecule has 1 N–H and O–H groups in total. The summed E-state index contributed by atoms with van der Waals surface area (Å²) in [7, 11) is -2.77. The summed E-state index contributed by atoms with van der Waals surface area (Å²) in [5, 5.41) is 3.05. The van der Waals surface area contributed by atoms with Crippen LogP contribution in [0, 0.1) is 6.92 Å². The highest BCUT2D eigenvalue weighted by Gasteiger charge is 2.34. The second-order valence-electron chi connectivity index (χ2n) is 10.2. The Morgan fingerprint density at radius 1 is 0.909 bits per heavy atom. The van der Waals surface area contributed by atoms with Gasteiger partial charge in [0.15, 0.2) is 0 Å². The molecule has 0 saturated heterocycles. The molecule has 230 valence electrons. The molecule has 0 bridgehead atoms. The second kappa shape index (κ2) is 14.9. The molecule has 0 spiro atoms. The molecule has 0 aliphatic heterocycles. The Hall–Kier alpha value is -4.34. The summed E-state index contributed by atoms with van der Waals surface area (Å²) in [5.74, 6) is -0.519. The van der Waals surface area contributed by atoms with Crippen LogP contribution in [-0.2, 0) is 32.6 Å². The van der Waals surface area contributed by atoms with Gasteiger partial charge in [0.2, 0.25) is 11.8 Å². The predicted octanol–water partition coefficient (Wildman–Crippen LogP) is 5.63. The Morgan fingerprint density at radius 2 is 1.55 bits per heavy atom. The van der Waals surface area contributed by atoms with Crippen LogP contribution in [0.2, 0.25) is 5.02 Å². The summed E-state index contributed by atoms with van der Waals surface area (Å²) >= 11 is 6.42. The van der Waals surface area contributed by atoms with Crippen molar-refractivity contribution in [3.05, 3.63) is 125 Å². The van der Waals surface area contributed by atoms with E-state index in [0.717, 1.165) is 21.0 Å². The van der Waals surface area contributed by atoms with E-state index in [9.17, 15) is 18.0 Å². The van der Waals surface area contributed by atoms with Crippen LogP contribution in [0.4, 0.5) is 5.69 Å². The van der Waals surface area contributed by atoms with Crippen molar-refractivity contribution in [2.24, 2.45) is 0 Å². The van der Waals surface area contributed by atoms with E-state index in [0.29, 0.717) is 12.3 Å². The van der Waals surface area contributed by atoms with Gasteiger partial charge in [0, 0.05) is 19.5 Å². The molecule has 0 saturated carbocycles. The molecule has 4 rings (SSSR count). The molecule has 0 aliphatic rings. The van der Waals surface area contributed by atoms with Crippen LogP contribution < -0.4 is 14.4 Å². The van der Waals surface area contributed by atoms with Crippen molar-refractivity contribution in [3.63, 3.8) is 0 Å². The number of methoxy groups -OCH3 is 1. The number of carbonyl (C=O) groups is 2. The lowest BCUT2D eigenvalue weighted by molar-refractivity contribution is -0.140. The fourth-order valence-corrected chi connectivity index (χ4v) is 6.55. The van der Waals surface area contributed by atoms with Crippen molar-refractivity contribution in [2.45, 2.75) is 37.8 Å². The molecule has 44 heavy (non-hydrogen) atoms. The highest BCUT2D eigenvalue weighted by Crippen LogP contribution is 2.32. The van der Waals surface area contributed by atoms with Gasteiger partial charge in [-0.15, -0.1) is 0 Å². The van der Waals surface area contributed by atoms with Crippen LogP contribution in [-0.4, -0.2) is 51.4 Å². The van der Waals surface area contributed by atoms with E-state index in [-0.39, 0.29) is 34.5 Å². The minimum atomic E-state index is -4.23. The summed E-state index contributed by atoms with van der Waals surface area (Å²) in [4.78, 5) is 29.5. The van der Waals surface area contributed by atoms with Crippen LogP contribution in [0.15, 0.2) is 108 Å². The summed E-state index contributed by atoms with van der Waals surface area (Å²) in [5.41, 5.74) is 2.83. The Balaban J connectivity index is 1.82. The van der Waals surface area contributed by atoms with Gasteiger partial charge < -0.3 is 15.0 Å². The normalized spacial score (nSPS) is 11.8. The van der Waals surface area contributed by atoms with Crippen molar-refractivity contribution < 1.29 is 22.7 Å². The summed E-state index contributed by atoms with van der Waals surface area (Å²) in [6, 6.07) is 28.5. The number of halogens is 1. The number of amides is 2. The Labute approximate surface area is 264 Å². The van der Waals surface area contributed by atoms with Crippen molar-refractivity contribution in [3.8, 4) is 5.75 Å². The second-order valence-corrected chi connectivity index (χ2v) is 12.5. The van der Waals surface area contributed by atoms with Crippen molar-refractivity contribution >= 4 is 39.1 Å². The number of rotatable bonds is 13. The van der Waals surface area contributed by atoms with E-state index in [2.05, 4.69) is 5.32 Å². The first-order valence-corrected chi connectivity index (χ1v) is 16.0. The van der Waals surface area contributed by atoms with E-state index < -0.39 is 28.5 Å². The predicted molar refractivity (Wildman–Crippen MR) is 173 cm³/mol. The number of nitrogens with zero attached hydrogens (tertiary/aromatic N) is 2. The molecular formula is C34H36ClN3O5S. The standard InChI is InChI=1S/C34H36ClN3O5S/c1-4-36-34(40)31(21-26-14-7-5-8-15-26)37(23-27-16-12-11-13-25(27)2)33(39)24-38(28-19-20-32(43-3)30(35)22-28)44(41,42)29-17-9-6-10-18-29/h5-20,22,31H,4,21,23-24H2,1-3H3,(H,36,40)/t31-/m1/s1. The van der Waals surface area contributed by atoms with E-state index in [4.69, 9.17) is 16.3 Å². The zero-order chi connectivity index (χ0) is 31.7.